The first-order valence-electron chi connectivity index (χ1n) is 6.02. The highest BCUT2D eigenvalue weighted by Crippen LogP contribution is 2.08. The number of nitrogens with one attached hydrogen (secondary N) is 2. The second kappa shape index (κ2) is 7.10. The first kappa shape index (κ1) is 15.5. The smallest absolute Gasteiger partial charge is 0.321 e. The standard InChI is InChI=1S/C12H18N2O4S/c1-2-3-9-11(12(15)16)14-19(17,18)13-10-7-5-4-6-8-10/h4-8,11,13-14H,2-3,9H2,1H3,(H,15,16)/t11-/m0/s1. The predicted molar refractivity (Wildman–Crippen MR) is 73.1 cm³/mol. The second-order valence-electron chi connectivity index (χ2n) is 4.12. The molecule has 0 aliphatic heterocycles. The average molecular weight is 286 g/mol. The Morgan fingerprint density at radius 3 is 2.47 bits per heavy atom. The third kappa shape index (κ3) is 5.71. The van der Waals surface area contributed by atoms with Gasteiger partial charge < -0.3 is 5.11 Å². The highest BCUT2D eigenvalue weighted by molar-refractivity contribution is 7.90. The Kier molecular flexibility index (Phi) is 5.78. The van der Waals surface area contributed by atoms with E-state index in [-0.39, 0.29) is 6.42 Å². The number of hydrogen-bond acceptors (Lipinski definition) is 3. The summed E-state index contributed by atoms with van der Waals surface area (Å²) < 4.78 is 28.0. The van der Waals surface area contributed by atoms with E-state index < -0.39 is 22.2 Å². The van der Waals surface area contributed by atoms with Gasteiger partial charge >= 0.3 is 5.97 Å². The Labute approximate surface area is 113 Å². The molecule has 7 heteroatoms. The fourth-order valence-electron chi connectivity index (χ4n) is 1.52. The molecular weight excluding hydrogens is 268 g/mol. The van der Waals surface area contributed by atoms with Crippen LogP contribution in [0.15, 0.2) is 30.3 Å². The average Bonchev–Trinajstić information content (AvgIpc) is 2.34. The van der Waals surface area contributed by atoms with E-state index in [4.69, 9.17) is 5.11 Å². The highest BCUT2D eigenvalue weighted by atomic mass is 32.2. The van der Waals surface area contributed by atoms with Gasteiger partial charge in [0, 0.05) is 5.69 Å². The highest BCUT2D eigenvalue weighted by Gasteiger charge is 2.23. The number of carboxylic acids is 1. The summed E-state index contributed by atoms with van der Waals surface area (Å²) in [6.45, 7) is 1.91. The van der Waals surface area contributed by atoms with E-state index in [1.54, 1.807) is 30.3 Å². The number of aliphatic carboxylic acids is 1. The number of benzene rings is 1. The minimum Gasteiger partial charge on any atom is -0.480 e. The molecule has 0 amide bonds. The van der Waals surface area contributed by atoms with Crippen LogP contribution >= 0.6 is 0 Å². The van der Waals surface area contributed by atoms with Crippen LogP contribution in [0.1, 0.15) is 26.2 Å². The van der Waals surface area contributed by atoms with Crippen molar-refractivity contribution in [1.29, 1.82) is 0 Å². The van der Waals surface area contributed by atoms with Crippen molar-refractivity contribution in [2.24, 2.45) is 0 Å². The molecule has 106 valence electrons. The number of carboxylic acid groups (broad SMARTS) is 1. The Balaban J connectivity index is 2.69. The summed E-state index contributed by atoms with van der Waals surface area (Å²) in [5, 5.41) is 8.97. The van der Waals surface area contributed by atoms with E-state index >= 15 is 0 Å². The van der Waals surface area contributed by atoms with Crippen LogP contribution in [0, 0.1) is 0 Å². The summed E-state index contributed by atoms with van der Waals surface area (Å²) in [7, 11) is -3.89. The van der Waals surface area contributed by atoms with Gasteiger partial charge in [-0.25, -0.2) is 0 Å². The van der Waals surface area contributed by atoms with Crippen molar-refractivity contribution in [2.45, 2.75) is 32.2 Å². The molecule has 0 saturated carbocycles. The lowest BCUT2D eigenvalue weighted by Gasteiger charge is -2.15. The molecule has 0 bridgehead atoms. The summed E-state index contributed by atoms with van der Waals surface area (Å²) in [6, 6.07) is 7.18. The molecule has 0 heterocycles. The van der Waals surface area contributed by atoms with Crippen molar-refractivity contribution in [2.75, 3.05) is 4.72 Å². The minimum absolute atomic E-state index is 0.265. The van der Waals surface area contributed by atoms with Gasteiger partial charge in [0.25, 0.3) is 10.2 Å². The maximum absolute atomic E-state index is 11.8. The van der Waals surface area contributed by atoms with Crippen LogP contribution in [0.25, 0.3) is 0 Å². The second-order valence-corrected chi connectivity index (χ2v) is 5.57. The van der Waals surface area contributed by atoms with Crippen molar-refractivity contribution < 1.29 is 18.3 Å². The maximum atomic E-state index is 11.8. The van der Waals surface area contributed by atoms with Gasteiger partial charge in [0.2, 0.25) is 0 Å². The van der Waals surface area contributed by atoms with Crippen molar-refractivity contribution in [1.82, 2.24) is 4.72 Å². The summed E-state index contributed by atoms with van der Waals surface area (Å²) in [5.41, 5.74) is 0.384. The summed E-state index contributed by atoms with van der Waals surface area (Å²) in [5.74, 6) is -1.17. The zero-order valence-corrected chi connectivity index (χ0v) is 11.5. The molecule has 0 aliphatic carbocycles. The summed E-state index contributed by atoms with van der Waals surface area (Å²) in [4.78, 5) is 11.0. The lowest BCUT2D eigenvalue weighted by molar-refractivity contribution is -0.139. The fraction of sp³-hybridized carbons (Fsp3) is 0.417. The minimum atomic E-state index is -3.89. The van der Waals surface area contributed by atoms with Gasteiger partial charge in [-0.1, -0.05) is 38.0 Å². The molecule has 3 N–H and O–H groups in total. The molecule has 0 aromatic heterocycles. The van der Waals surface area contributed by atoms with Crippen LogP contribution in [-0.2, 0) is 15.0 Å². The molecule has 1 aromatic carbocycles. The van der Waals surface area contributed by atoms with Crippen molar-refractivity contribution in [3.63, 3.8) is 0 Å². The van der Waals surface area contributed by atoms with Crippen molar-refractivity contribution in [3.8, 4) is 0 Å². The van der Waals surface area contributed by atoms with Gasteiger partial charge in [0.05, 0.1) is 0 Å². The molecule has 1 rings (SSSR count). The molecule has 1 atom stereocenters. The van der Waals surface area contributed by atoms with Crippen LogP contribution in [0.3, 0.4) is 0 Å². The Morgan fingerprint density at radius 1 is 1.32 bits per heavy atom. The van der Waals surface area contributed by atoms with E-state index in [0.717, 1.165) is 6.42 Å². The zero-order valence-electron chi connectivity index (χ0n) is 10.7. The molecule has 6 nitrogen and oxygen atoms in total. The van der Waals surface area contributed by atoms with Gasteiger partial charge in [-0.05, 0) is 18.6 Å². The number of unbranched alkanes of at least 4 members (excludes halogenated alkanes) is 1. The molecule has 0 spiro atoms. The van der Waals surface area contributed by atoms with Crippen LogP contribution in [-0.4, -0.2) is 25.5 Å². The first-order chi connectivity index (χ1) is 8.94. The molecule has 0 fully saturated rings. The molecule has 19 heavy (non-hydrogen) atoms. The first-order valence-corrected chi connectivity index (χ1v) is 7.51. The van der Waals surface area contributed by atoms with Gasteiger partial charge in [-0.3, -0.25) is 9.52 Å². The number of rotatable bonds is 8. The molecule has 0 saturated heterocycles. The van der Waals surface area contributed by atoms with E-state index in [0.29, 0.717) is 12.1 Å². The fourth-order valence-corrected chi connectivity index (χ4v) is 2.62. The van der Waals surface area contributed by atoms with Crippen LogP contribution in [0.4, 0.5) is 5.69 Å². The Bertz CT molecular complexity index is 502. The molecular formula is C12H18N2O4S. The van der Waals surface area contributed by atoms with Crippen LogP contribution < -0.4 is 9.44 Å². The van der Waals surface area contributed by atoms with Crippen LogP contribution in [0.5, 0.6) is 0 Å². The van der Waals surface area contributed by atoms with Crippen molar-refractivity contribution in [3.05, 3.63) is 30.3 Å². The number of carbonyl (C=O) groups is 1. The Hall–Kier alpha value is -1.60. The van der Waals surface area contributed by atoms with Gasteiger partial charge in [-0.2, -0.15) is 13.1 Å². The Morgan fingerprint density at radius 2 is 1.95 bits per heavy atom. The molecule has 1 aromatic rings. The number of anilines is 1. The summed E-state index contributed by atoms with van der Waals surface area (Å²) >= 11 is 0. The van der Waals surface area contributed by atoms with Crippen LogP contribution in [0.2, 0.25) is 0 Å². The lowest BCUT2D eigenvalue weighted by atomic mass is 10.1. The van der Waals surface area contributed by atoms with E-state index in [1.165, 1.54) is 0 Å². The number of hydrogen-bond donors (Lipinski definition) is 3. The molecule has 0 unspecified atom stereocenters. The zero-order chi connectivity index (χ0) is 14.3. The normalized spacial score (nSPS) is 12.9. The third-order valence-electron chi connectivity index (χ3n) is 2.47. The van der Waals surface area contributed by atoms with Gasteiger partial charge in [-0.15, -0.1) is 0 Å². The maximum Gasteiger partial charge on any atom is 0.321 e. The topological polar surface area (TPSA) is 95.5 Å². The van der Waals surface area contributed by atoms with Gasteiger partial charge in [0.15, 0.2) is 0 Å². The predicted octanol–water partition coefficient (Wildman–Crippen LogP) is 1.58. The van der Waals surface area contributed by atoms with Crippen molar-refractivity contribution >= 4 is 21.9 Å². The van der Waals surface area contributed by atoms with E-state index in [2.05, 4.69) is 9.44 Å². The quantitative estimate of drug-likeness (QED) is 0.676. The molecule has 0 aliphatic rings. The third-order valence-corrected chi connectivity index (χ3v) is 3.57. The largest absolute Gasteiger partial charge is 0.480 e. The molecule has 0 radical (unpaired) electrons. The van der Waals surface area contributed by atoms with E-state index in [9.17, 15) is 13.2 Å². The number of para-hydroxylation sites is 1. The van der Waals surface area contributed by atoms with Gasteiger partial charge in [0.1, 0.15) is 6.04 Å². The lowest BCUT2D eigenvalue weighted by Crippen LogP contribution is -2.43. The van der Waals surface area contributed by atoms with E-state index in [1.807, 2.05) is 6.92 Å². The monoisotopic (exact) mass is 286 g/mol. The SMILES string of the molecule is CCCC[C@H](NS(=O)(=O)Nc1ccccc1)C(=O)O. The summed E-state index contributed by atoms with van der Waals surface area (Å²) in [6.07, 6.45) is 1.71.